The number of thiophene rings is 1. The van der Waals surface area contributed by atoms with Crippen LogP contribution in [0.2, 0.25) is 0 Å². The van der Waals surface area contributed by atoms with Crippen LogP contribution in [0.15, 0.2) is 22.5 Å². The van der Waals surface area contributed by atoms with Crippen LogP contribution in [0.25, 0.3) is 0 Å². The highest BCUT2D eigenvalue weighted by molar-refractivity contribution is 7.09. The summed E-state index contributed by atoms with van der Waals surface area (Å²) in [5, 5.41) is 2.09. The van der Waals surface area contributed by atoms with Gasteiger partial charge in [-0.2, -0.15) is 0 Å². The zero-order valence-electron chi connectivity index (χ0n) is 11.2. The van der Waals surface area contributed by atoms with Gasteiger partial charge in [-0.15, -0.1) is 11.3 Å². The van der Waals surface area contributed by atoms with Gasteiger partial charge in [0.25, 0.3) is 0 Å². The molecule has 0 amide bonds. The van der Waals surface area contributed by atoms with Gasteiger partial charge in [-0.05, 0) is 31.2 Å². The maximum absolute atomic E-state index is 6.06. The van der Waals surface area contributed by atoms with Crippen molar-refractivity contribution >= 4 is 17.3 Å². The second-order valence-electron chi connectivity index (χ2n) is 4.89. The van der Waals surface area contributed by atoms with E-state index >= 15 is 0 Å². The summed E-state index contributed by atoms with van der Waals surface area (Å²) in [6.07, 6.45) is 0. The minimum Gasteiger partial charge on any atom is -0.370 e. The van der Waals surface area contributed by atoms with E-state index < -0.39 is 0 Å². The van der Waals surface area contributed by atoms with Crippen molar-refractivity contribution in [2.75, 3.05) is 6.54 Å². The first-order valence-electron chi connectivity index (χ1n) is 6.09. The molecule has 1 aromatic heterocycles. The molecule has 1 rings (SSSR count). The number of hydrogen-bond acceptors (Lipinski definition) is 2. The molecule has 0 aliphatic heterocycles. The highest BCUT2D eigenvalue weighted by Gasteiger charge is 2.13. The summed E-state index contributed by atoms with van der Waals surface area (Å²) < 4.78 is 0. The third-order valence-corrected chi connectivity index (χ3v) is 3.30. The van der Waals surface area contributed by atoms with Crippen LogP contribution in [0.3, 0.4) is 0 Å². The highest BCUT2D eigenvalue weighted by Crippen LogP contribution is 2.13. The Labute approximate surface area is 108 Å². The monoisotopic (exact) mass is 253 g/mol. The summed E-state index contributed by atoms with van der Waals surface area (Å²) in [6.45, 7) is 10.2. The SMILES string of the molecule is CC(C)CN=C(N)N(Cc1cccs1)C(C)C. The van der Waals surface area contributed by atoms with E-state index in [-0.39, 0.29) is 0 Å². The van der Waals surface area contributed by atoms with Crippen molar-refractivity contribution < 1.29 is 0 Å². The Balaban J connectivity index is 2.68. The lowest BCUT2D eigenvalue weighted by atomic mass is 10.2. The maximum atomic E-state index is 6.06. The molecule has 0 saturated carbocycles. The van der Waals surface area contributed by atoms with Crippen molar-refractivity contribution in [2.45, 2.75) is 40.3 Å². The van der Waals surface area contributed by atoms with Crippen LogP contribution in [0.5, 0.6) is 0 Å². The zero-order chi connectivity index (χ0) is 12.8. The summed E-state index contributed by atoms with van der Waals surface area (Å²) in [5.41, 5.74) is 6.06. The topological polar surface area (TPSA) is 41.6 Å². The molecule has 0 unspecified atom stereocenters. The Morgan fingerprint density at radius 2 is 2.12 bits per heavy atom. The van der Waals surface area contributed by atoms with E-state index in [0.29, 0.717) is 17.9 Å². The molecule has 1 aromatic rings. The standard InChI is InChI=1S/C13H23N3S/c1-10(2)8-15-13(14)16(11(3)4)9-12-6-5-7-17-12/h5-7,10-11H,8-9H2,1-4H3,(H2,14,15). The van der Waals surface area contributed by atoms with Gasteiger partial charge in [0.05, 0.1) is 6.54 Å². The third kappa shape index (κ3) is 4.77. The summed E-state index contributed by atoms with van der Waals surface area (Å²) in [6, 6.07) is 4.57. The van der Waals surface area contributed by atoms with Gasteiger partial charge in [0, 0.05) is 17.5 Å². The van der Waals surface area contributed by atoms with Gasteiger partial charge in [0.1, 0.15) is 0 Å². The first-order valence-corrected chi connectivity index (χ1v) is 6.97. The minimum atomic E-state index is 0.369. The second-order valence-corrected chi connectivity index (χ2v) is 5.93. The van der Waals surface area contributed by atoms with Crippen LogP contribution in [0.1, 0.15) is 32.6 Å². The lowest BCUT2D eigenvalue weighted by Crippen LogP contribution is -2.41. The van der Waals surface area contributed by atoms with Crippen molar-refractivity contribution in [1.29, 1.82) is 0 Å². The average molecular weight is 253 g/mol. The summed E-state index contributed by atoms with van der Waals surface area (Å²) >= 11 is 1.76. The Kier molecular flexibility index (Phi) is 5.48. The molecule has 0 spiro atoms. The van der Waals surface area contributed by atoms with Crippen LogP contribution in [0.4, 0.5) is 0 Å². The Bertz CT molecular complexity index is 342. The molecule has 0 fully saturated rings. The number of hydrogen-bond donors (Lipinski definition) is 1. The minimum absolute atomic E-state index is 0.369. The molecule has 17 heavy (non-hydrogen) atoms. The third-order valence-electron chi connectivity index (χ3n) is 2.44. The van der Waals surface area contributed by atoms with E-state index in [1.54, 1.807) is 11.3 Å². The van der Waals surface area contributed by atoms with Gasteiger partial charge < -0.3 is 10.6 Å². The van der Waals surface area contributed by atoms with Crippen molar-refractivity contribution in [3.05, 3.63) is 22.4 Å². The maximum Gasteiger partial charge on any atom is 0.191 e. The van der Waals surface area contributed by atoms with Crippen LogP contribution in [-0.4, -0.2) is 23.4 Å². The smallest absolute Gasteiger partial charge is 0.191 e. The predicted octanol–water partition coefficient (Wildman–Crippen LogP) is 2.93. The summed E-state index contributed by atoms with van der Waals surface area (Å²) in [4.78, 5) is 7.92. The van der Waals surface area contributed by atoms with Gasteiger partial charge in [-0.3, -0.25) is 4.99 Å². The number of rotatable bonds is 5. The molecule has 0 atom stereocenters. The van der Waals surface area contributed by atoms with Crippen LogP contribution in [0, 0.1) is 5.92 Å². The fraction of sp³-hybridized carbons (Fsp3) is 0.615. The van der Waals surface area contributed by atoms with Crippen molar-refractivity contribution in [2.24, 2.45) is 16.6 Å². The molecule has 0 bridgehead atoms. The average Bonchev–Trinajstić information content (AvgIpc) is 2.74. The molecule has 0 saturated heterocycles. The number of nitrogens with zero attached hydrogens (tertiary/aromatic N) is 2. The van der Waals surface area contributed by atoms with Gasteiger partial charge in [-0.25, -0.2) is 0 Å². The van der Waals surface area contributed by atoms with E-state index in [1.807, 2.05) is 0 Å². The lowest BCUT2D eigenvalue weighted by molar-refractivity contribution is 0.339. The quantitative estimate of drug-likeness (QED) is 0.647. The van der Waals surface area contributed by atoms with Gasteiger partial charge >= 0.3 is 0 Å². The molecule has 0 aliphatic carbocycles. The molecular formula is C13H23N3S. The van der Waals surface area contributed by atoms with Crippen molar-refractivity contribution in [3.63, 3.8) is 0 Å². The molecular weight excluding hydrogens is 230 g/mol. The number of aliphatic imine (C=N–C) groups is 1. The van der Waals surface area contributed by atoms with Crippen LogP contribution < -0.4 is 5.73 Å². The number of nitrogens with two attached hydrogens (primary N) is 1. The van der Waals surface area contributed by atoms with Gasteiger partial charge in [0.15, 0.2) is 5.96 Å². The Morgan fingerprint density at radius 3 is 2.59 bits per heavy atom. The normalized spacial score (nSPS) is 12.5. The van der Waals surface area contributed by atoms with Crippen LogP contribution >= 0.6 is 11.3 Å². The summed E-state index contributed by atoms with van der Waals surface area (Å²) in [7, 11) is 0. The van der Waals surface area contributed by atoms with E-state index in [2.05, 4.69) is 55.1 Å². The summed E-state index contributed by atoms with van der Waals surface area (Å²) in [5.74, 6) is 1.20. The second kappa shape index (κ2) is 6.64. The Morgan fingerprint density at radius 1 is 1.41 bits per heavy atom. The molecule has 1 heterocycles. The van der Waals surface area contributed by atoms with E-state index in [9.17, 15) is 0 Å². The predicted molar refractivity (Wildman–Crippen MR) is 76.3 cm³/mol. The molecule has 4 heteroatoms. The van der Waals surface area contributed by atoms with Crippen molar-refractivity contribution in [3.8, 4) is 0 Å². The van der Waals surface area contributed by atoms with Crippen molar-refractivity contribution in [1.82, 2.24) is 4.90 Å². The van der Waals surface area contributed by atoms with E-state index in [4.69, 9.17) is 5.73 Å². The zero-order valence-corrected chi connectivity index (χ0v) is 12.0. The fourth-order valence-corrected chi connectivity index (χ4v) is 2.17. The highest BCUT2D eigenvalue weighted by atomic mass is 32.1. The van der Waals surface area contributed by atoms with Crippen LogP contribution in [-0.2, 0) is 6.54 Å². The van der Waals surface area contributed by atoms with Gasteiger partial charge in [-0.1, -0.05) is 19.9 Å². The first kappa shape index (κ1) is 14.0. The molecule has 2 N–H and O–H groups in total. The molecule has 0 radical (unpaired) electrons. The Hall–Kier alpha value is -1.03. The first-order chi connectivity index (χ1) is 8.00. The molecule has 0 aromatic carbocycles. The fourth-order valence-electron chi connectivity index (χ4n) is 1.47. The molecule has 96 valence electrons. The van der Waals surface area contributed by atoms with E-state index in [1.165, 1.54) is 4.88 Å². The number of guanidine groups is 1. The largest absolute Gasteiger partial charge is 0.370 e. The molecule has 3 nitrogen and oxygen atoms in total. The van der Waals surface area contributed by atoms with E-state index in [0.717, 1.165) is 13.1 Å². The van der Waals surface area contributed by atoms with Gasteiger partial charge in [0.2, 0.25) is 0 Å². The lowest BCUT2D eigenvalue weighted by Gasteiger charge is -2.27. The molecule has 0 aliphatic rings.